The van der Waals surface area contributed by atoms with Crippen molar-refractivity contribution < 1.29 is 20.1 Å². The molecule has 116 valence electrons. The average Bonchev–Trinajstić information content (AvgIpc) is 3.02. The lowest BCUT2D eigenvalue weighted by atomic mass is 9.92. The Morgan fingerprint density at radius 1 is 1.52 bits per heavy atom. The van der Waals surface area contributed by atoms with Crippen molar-refractivity contribution in [1.29, 1.82) is 0 Å². The van der Waals surface area contributed by atoms with Gasteiger partial charge in [0.15, 0.2) is 5.82 Å². The Morgan fingerprint density at radius 3 is 2.86 bits per heavy atom. The summed E-state index contributed by atoms with van der Waals surface area (Å²) in [5, 5.41) is 32.1. The van der Waals surface area contributed by atoms with Gasteiger partial charge in [0.05, 0.1) is 32.3 Å². The van der Waals surface area contributed by atoms with Crippen LogP contribution in [0, 0.1) is 5.92 Å². The molecule has 0 aromatic carbocycles. The Labute approximate surface area is 120 Å². The summed E-state index contributed by atoms with van der Waals surface area (Å²) in [4.78, 5) is 20.0. The maximum atomic E-state index is 11.7. The van der Waals surface area contributed by atoms with E-state index in [9.17, 15) is 20.1 Å². The van der Waals surface area contributed by atoms with Crippen LogP contribution in [0.3, 0.4) is 0 Å². The zero-order chi connectivity index (χ0) is 15.2. The maximum Gasteiger partial charge on any atom is 0.276 e. The molecule has 0 amide bonds. The lowest BCUT2D eigenvalue weighted by Crippen LogP contribution is -2.48. The number of aromatic nitrogens is 2. The van der Waals surface area contributed by atoms with E-state index in [0.29, 0.717) is 18.2 Å². The van der Waals surface area contributed by atoms with Crippen LogP contribution in [-0.2, 0) is 4.74 Å². The first-order valence-corrected chi connectivity index (χ1v) is 6.70. The summed E-state index contributed by atoms with van der Waals surface area (Å²) in [6.45, 7) is 1.06. The van der Waals surface area contributed by atoms with Gasteiger partial charge >= 0.3 is 0 Å². The molecule has 3 atom stereocenters. The van der Waals surface area contributed by atoms with Crippen molar-refractivity contribution >= 4 is 11.5 Å². The Morgan fingerprint density at radius 2 is 2.24 bits per heavy atom. The third-order valence-electron chi connectivity index (χ3n) is 4.22. The van der Waals surface area contributed by atoms with Gasteiger partial charge in [-0.25, -0.2) is 4.98 Å². The van der Waals surface area contributed by atoms with Gasteiger partial charge in [-0.3, -0.25) is 4.79 Å². The van der Waals surface area contributed by atoms with Crippen LogP contribution in [-0.4, -0.2) is 63.1 Å². The second-order valence-corrected chi connectivity index (χ2v) is 5.43. The second-order valence-electron chi connectivity index (χ2n) is 5.43. The molecule has 2 aliphatic rings. The largest absolute Gasteiger partial charge is 0.393 e. The predicted octanol–water partition coefficient (Wildman–Crippen LogP) is -1.96. The van der Waals surface area contributed by atoms with Crippen molar-refractivity contribution in [1.82, 2.24) is 9.97 Å². The lowest BCUT2D eigenvalue weighted by molar-refractivity contribution is -0.135. The first-order chi connectivity index (χ1) is 10.0. The molecule has 0 bridgehead atoms. The summed E-state index contributed by atoms with van der Waals surface area (Å²) < 4.78 is 5.74. The molecule has 0 saturated carbocycles. The molecular formula is C12H18N4O5. The molecule has 1 saturated heterocycles. The highest BCUT2D eigenvalue weighted by molar-refractivity contribution is 5.69. The number of nitrogens with one attached hydrogen (secondary N) is 2. The summed E-state index contributed by atoms with van der Waals surface area (Å²) in [5.41, 5.74) is -1.36. The molecule has 1 aromatic rings. The fourth-order valence-corrected chi connectivity index (χ4v) is 2.93. The van der Waals surface area contributed by atoms with Gasteiger partial charge in [-0.15, -0.1) is 0 Å². The molecule has 9 heteroatoms. The Bertz CT molecular complexity index is 587. The van der Waals surface area contributed by atoms with Gasteiger partial charge in [-0.1, -0.05) is 6.92 Å². The summed E-state index contributed by atoms with van der Waals surface area (Å²) in [5.74, 6) is 0.0487. The van der Waals surface area contributed by atoms with Crippen LogP contribution in [0.15, 0.2) is 11.1 Å². The number of fused-ring (bicyclic) bond motifs is 1. The number of hydrogen-bond donors (Lipinski definition) is 5. The van der Waals surface area contributed by atoms with Crippen LogP contribution in [0.2, 0.25) is 0 Å². The molecular weight excluding hydrogens is 280 g/mol. The number of aliphatic hydroxyl groups excluding tert-OH is 3. The monoisotopic (exact) mass is 298 g/mol. The highest BCUT2D eigenvalue weighted by Gasteiger charge is 2.54. The normalized spacial score (nSPS) is 30.3. The predicted molar refractivity (Wildman–Crippen MR) is 72.8 cm³/mol. The summed E-state index contributed by atoms with van der Waals surface area (Å²) >= 11 is 0. The number of H-pyrrole nitrogens is 1. The molecule has 0 aliphatic carbocycles. The van der Waals surface area contributed by atoms with Gasteiger partial charge in [-0.05, 0) is 0 Å². The van der Waals surface area contributed by atoms with E-state index in [0.717, 1.165) is 0 Å². The zero-order valence-corrected chi connectivity index (χ0v) is 11.5. The lowest BCUT2D eigenvalue weighted by Gasteiger charge is -2.30. The van der Waals surface area contributed by atoms with Crippen LogP contribution in [0.4, 0.5) is 11.5 Å². The highest BCUT2D eigenvalue weighted by Crippen LogP contribution is 2.40. The van der Waals surface area contributed by atoms with Crippen molar-refractivity contribution in [3.63, 3.8) is 0 Å². The van der Waals surface area contributed by atoms with Crippen LogP contribution < -0.4 is 15.8 Å². The molecule has 5 N–H and O–H groups in total. The summed E-state index contributed by atoms with van der Waals surface area (Å²) in [7, 11) is 0. The van der Waals surface area contributed by atoms with E-state index in [-0.39, 0.29) is 11.5 Å². The third-order valence-corrected chi connectivity index (χ3v) is 4.22. The van der Waals surface area contributed by atoms with Crippen LogP contribution in [0.5, 0.6) is 0 Å². The summed E-state index contributed by atoms with van der Waals surface area (Å²) in [6, 6.07) is 0. The first-order valence-electron chi connectivity index (χ1n) is 6.70. The van der Waals surface area contributed by atoms with E-state index in [4.69, 9.17) is 4.74 Å². The second kappa shape index (κ2) is 4.95. The smallest absolute Gasteiger partial charge is 0.276 e. The van der Waals surface area contributed by atoms with E-state index in [1.54, 1.807) is 11.8 Å². The standard InChI is InChI=1S/C12H18N4O5/c1-6-8(19)12(2-17,3-18)21-11(6)16-5-15-7-9(16)13-4-14-10(7)20/h4,6,8,11,15,17-19H,2-3,5H2,1H3,(H,13,14,20)/t6-,8-,11+/m0/s1. The molecule has 0 spiro atoms. The van der Waals surface area contributed by atoms with Gasteiger partial charge < -0.3 is 35.3 Å². The molecule has 0 unspecified atom stereocenters. The van der Waals surface area contributed by atoms with Gasteiger partial charge in [0.25, 0.3) is 5.56 Å². The van der Waals surface area contributed by atoms with E-state index in [1.165, 1.54) is 6.33 Å². The van der Waals surface area contributed by atoms with Gasteiger partial charge in [0.1, 0.15) is 17.5 Å². The van der Waals surface area contributed by atoms with E-state index in [1.807, 2.05) is 0 Å². The minimum atomic E-state index is -1.41. The molecule has 21 heavy (non-hydrogen) atoms. The number of nitrogens with zero attached hydrogens (tertiary/aromatic N) is 2. The van der Waals surface area contributed by atoms with Crippen LogP contribution in [0.1, 0.15) is 6.92 Å². The van der Waals surface area contributed by atoms with Crippen molar-refractivity contribution in [2.24, 2.45) is 5.92 Å². The number of hydrogen-bond acceptors (Lipinski definition) is 8. The van der Waals surface area contributed by atoms with Gasteiger partial charge in [0.2, 0.25) is 0 Å². The number of aromatic amines is 1. The average molecular weight is 298 g/mol. The third kappa shape index (κ3) is 1.93. The molecule has 3 heterocycles. The molecule has 2 aliphatic heterocycles. The fraction of sp³-hybridized carbons (Fsp3) is 0.667. The molecule has 3 rings (SSSR count). The van der Waals surface area contributed by atoms with Crippen molar-refractivity contribution in [2.75, 3.05) is 30.1 Å². The van der Waals surface area contributed by atoms with Crippen LogP contribution >= 0.6 is 0 Å². The van der Waals surface area contributed by atoms with Gasteiger partial charge in [-0.2, -0.15) is 0 Å². The molecule has 0 radical (unpaired) electrons. The topological polar surface area (TPSA) is 131 Å². The molecule has 1 aromatic heterocycles. The van der Waals surface area contributed by atoms with Crippen molar-refractivity contribution in [3.8, 4) is 0 Å². The Hall–Kier alpha value is -1.68. The minimum absolute atomic E-state index is 0.288. The summed E-state index contributed by atoms with van der Waals surface area (Å²) in [6.07, 6.45) is -0.339. The number of aliphatic hydroxyl groups is 3. The van der Waals surface area contributed by atoms with E-state index in [2.05, 4.69) is 15.3 Å². The van der Waals surface area contributed by atoms with Gasteiger partial charge in [0, 0.05) is 5.92 Å². The number of rotatable bonds is 3. The first kappa shape index (κ1) is 14.3. The van der Waals surface area contributed by atoms with E-state index < -0.39 is 31.1 Å². The van der Waals surface area contributed by atoms with Crippen molar-refractivity contribution in [3.05, 3.63) is 16.7 Å². The minimum Gasteiger partial charge on any atom is -0.393 e. The Kier molecular flexibility index (Phi) is 3.36. The molecule has 9 nitrogen and oxygen atoms in total. The maximum absolute atomic E-state index is 11.7. The zero-order valence-electron chi connectivity index (χ0n) is 11.5. The van der Waals surface area contributed by atoms with E-state index >= 15 is 0 Å². The fourth-order valence-electron chi connectivity index (χ4n) is 2.93. The van der Waals surface area contributed by atoms with Crippen LogP contribution in [0.25, 0.3) is 0 Å². The SMILES string of the molecule is C[C@@H]1[C@H](N2CNc3c2nc[nH]c3=O)OC(CO)(CO)[C@H]1O. The molecule has 1 fully saturated rings. The highest BCUT2D eigenvalue weighted by atomic mass is 16.6. The Balaban J connectivity index is 1.94. The number of ether oxygens (including phenoxy) is 1. The quantitative estimate of drug-likeness (QED) is 0.434. The number of anilines is 2. The van der Waals surface area contributed by atoms with Crippen molar-refractivity contribution in [2.45, 2.75) is 24.9 Å².